The van der Waals surface area contributed by atoms with Gasteiger partial charge in [-0.3, -0.25) is 15.1 Å². The van der Waals surface area contributed by atoms with Gasteiger partial charge in [-0.05, 0) is 26.8 Å². The first-order valence-corrected chi connectivity index (χ1v) is 6.20. The van der Waals surface area contributed by atoms with Crippen LogP contribution in [-0.2, 0) is 6.54 Å². The smallest absolute Gasteiger partial charge is 0.300 e. The number of hydrogen-bond donors (Lipinski definition) is 2. The molecule has 1 rings (SSSR count). The average molecular weight is 264 g/mol. The predicted octanol–water partition coefficient (Wildman–Crippen LogP) is 1.32. The summed E-state index contributed by atoms with van der Waals surface area (Å²) in [5, 5.41) is 8.66. The van der Waals surface area contributed by atoms with Gasteiger partial charge in [-0.1, -0.05) is 0 Å². The van der Waals surface area contributed by atoms with E-state index in [0.717, 1.165) is 5.56 Å². The van der Waals surface area contributed by atoms with Crippen molar-refractivity contribution in [2.75, 3.05) is 6.54 Å². The fraction of sp³-hybridized carbons (Fsp3) is 0.538. The van der Waals surface area contributed by atoms with Crippen molar-refractivity contribution >= 4 is 5.91 Å². The highest BCUT2D eigenvalue weighted by molar-refractivity contribution is 5.91. The highest BCUT2D eigenvalue weighted by atomic mass is 16.4. The zero-order valence-electron chi connectivity index (χ0n) is 11.6. The normalized spacial score (nSPS) is 10.8. The molecule has 104 valence electrons. The van der Waals surface area contributed by atoms with Crippen LogP contribution in [0.5, 0.6) is 0 Å². The Bertz CT molecular complexity index is 473. The van der Waals surface area contributed by atoms with Gasteiger partial charge in [0.15, 0.2) is 5.76 Å². The first-order chi connectivity index (χ1) is 8.99. The van der Waals surface area contributed by atoms with E-state index >= 15 is 0 Å². The molecule has 0 aliphatic heterocycles. The van der Waals surface area contributed by atoms with E-state index in [1.165, 1.54) is 0 Å². The van der Waals surface area contributed by atoms with Crippen molar-refractivity contribution in [1.82, 2.24) is 10.3 Å². The van der Waals surface area contributed by atoms with Crippen LogP contribution >= 0.6 is 0 Å². The molecule has 0 saturated heterocycles. The third-order valence-electron chi connectivity index (χ3n) is 2.99. The van der Waals surface area contributed by atoms with Crippen LogP contribution in [0.1, 0.15) is 42.1 Å². The molecule has 0 fully saturated rings. The van der Waals surface area contributed by atoms with Crippen molar-refractivity contribution in [3.05, 3.63) is 23.2 Å². The van der Waals surface area contributed by atoms with Crippen molar-refractivity contribution in [3.63, 3.8) is 0 Å². The third-order valence-corrected chi connectivity index (χ3v) is 2.99. The summed E-state index contributed by atoms with van der Waals surface area (Å²) >= 11 is 0. The van der Waals surface area contributed by atoms with Gasteiger partial charge >= 0.3 is 5.91 Å². The fourth-order valence-electron chi connectivity index (χ4n) is 1.79. The van der Waals surface area contributed by atoms with Gasteiger partial charge in [-0.25, -0.2) is 5.84 Å². The second-order valence-electron chi connectivity index (χ2n) is 4.64. The van der Waals surface area contributed by atoms with Gasteiger partial charge in [0.2, 0.25) is 0 Å². The Balaban J connectivity index is 2.82. The summed E-state index contributed by atoms with van der Waals surface area (Å²) in [6.07, 6.45) is 0.477. The van der Waals surface area contributed by atoms with E-state index in [1.807, 2.05) is 12.3 Å². The van der Waals surface area contributed by atoms with Crippen LogP contribution < -0.4 is 11.3 Å². The predicted molar refractivity (Wildman–Crippen MR) is 70.9 cm³/mol. The molecule has 3 N–H and O–H groups in total. The molecule has 6 nitrogen and oxygen atoms in total. The molecule has 0 spiro atoms. The number of amides is 1. The molecule has 6 heteroatoms. The molecule has 1 heterocycles. The Morgan fingerprint density at radius 1 is 1.63 bits per heavy atom. The molecule has 0 atom stereocenters. The SMILES string of the molecule is Cc1oc(C(=O)NN)cc1CN(CCC#N)C(C)C. The summed E-state index contributed by atoms with van der Waals surface area (Å²) in [6, 6.07) is 4.15. The van der Waals surface area contributed by atoms with Crippen molar-refractivity contribution in [2.24, 2.45) is 5.84 Å². The van der Waals surface area contributed by atoms with Gasteiger partial charge in [0.25, 0.3) is 0 Å². The molecule has 0 bridgehead atoms. The van der Waals surface area contributed by atoms with Gasteiger partial charge in [0.1, 0.15) is 5.76 Å². The zero-order valence-corrected chi connectivity index (χ0v) is 11.6. The Kier molecular flexibility index (Phi) is 5.55. The second kappa shape index (κ2) is 6.92. The summed E-state index contributed by atoms with van der Waals surface area (Å²) in [4.78, 5) is 13.5. The van der Waals surface area contributed by atoms with Crippen molar-refractivity contribution < 1.29 is 9.21 Å². The second-order valence-corrected chi connectivity index (χ2v) is 4.64. The minimum atomic E-state index is -0.442. The number of carbonyl (C=O) groups is 1. The molecule has 0 aromatic carbocycles. The largest absolute Gasteiger partial charge is 0.456 e. The lowest BCUT2D eigenvalue weighted by Crippen LogP contribution is -2.31. The summed E-state index contributed by atoms with van der Waals surface area (Å²) in [5.74, 6) is 5.53. The van der Waals surface area contributed by atoms with Crippen LogP contribution in [0.25, 0.3) is 0 Å². The van der Waals surface area contributed by atoms with Gasteiger partial charge in [-0.15, -0.1) is 0 Å². The average Bonchev–Trinajstić information content (AvgIpc) is 2.74. The molecule has 0 unspecified atom stereocenters. The fourth-order valence-corrected chi connectivity index (χ4v) is 1.79. The maximum Gasteiger partial charge on any atom is 0.300 e. The molecule has 0 aliphatic rings. The van der Waals surface area contributed by atoms with Crippen LogP contribution in [0, 0.1) is 18.3 Å². The van der Waals surface area contributed by atoms with Crippen LogP contribution in [0.3, 0.4) is 0 Å². The van der Waals surface area contributed by atoms with Gasteiger partial charge < -0.3 is 4.42 Å². The first kappa shape index (κ1) is 15.2. The number of carbonyl (C=O) groups excluding carboxylic acids is 1. The molecule has 1 amide bonds. The molecule has 1 aromatic heterocycles. The molecule has 0 saturated carbocycles. The molecular formula is C13H20N4O2. The van der Waals surface area contributed by atoms with Crippen LogP contribution in [0.15, 0.2) is 10.5 Å². The summed E-state index contributed by atoms with van der Waals surface area (Å²) in [7, 11) is 0. The van der Waals surface area contributed by atoms with Crippen molar-refractivity contribution in [2.45, 2.75) is 39.8 Å². The monoisotopic (exact) mass is 264 g/mol. The number of hydrogen-bond acceptors (Lipinski definition) is 5. The van der Waals surface area contributed by atoms with Crippen molar-refractivity contribution in [1.29, 1.82) is 5.26 Å². The van der Waals surface area contributed by atoms with E-state index in [9.17, 15) is 4.79 Å². The number of rotatable bonds is 6. The lowest BCUT2D eigenvalue weighted by Gasteiger charge is -2.25. The van der Waals surface area contributed by atoms with Gasteiger partial charge in [0.05, 0.1) is 6.07 Å². The molecule has 1 aromatic rings. The number of nitrogens with one attached hydrogen (secondary N) is 1. The van der Waals surface area contributed by atoms with Crippen LogP contribution in [0.4, 0.5) is 0 Å². The maximum absolute atomic E-state index is 11.4. The van der Waals surface area contributed by atoms with E-state index in [1.54, 1.807) is 6.07 Å². The molecular weight excluding hydrogens is 244 g/mol. The third kappa shape index (κ3) is 4.09. The highest BCUT2D eigenvalue weighted by Crippen LogP contribution is 2.18. The standard InChI is InChI=1S/C13H20N4O2/c1-9(2)17(6-4-5-14)8-11-7-12(13(18)16-15)19-10(11)3/h7,9H,4,6,8,15H2,1-3H3,(H,16,18). The Hall–Kier alpha value is -1.84. The van der Waals surface area contributed by atoms with E-state index in [2.05, 4.69) is 24.8 Å². The molecule has 19 heavy (non-hydrogen) atoms. The summed E-state index contributed by atoms with van der Waals surface area (Å²) in [6.45, 7) is 7.29. The highest BCUT2D eigenvalue weighted by Gasteiger charge is 2.17. The van der Waals surface area contributed by atoms with Crippen LogP contribution in [-0.4, -0.2) is 23.4 Å². The lowest BCUT2D eigenvalue weighted by molar-refractivity contribution is 0.0924. The summed E-state index contributed by atoms with van der Waals surface area (Å²) < 4.78 is 5.37. The molecule has 0 radical (unpaired) electrons. The number of nitrogen functional groups attached to an aromatic ring is 1. The van der Waals surface area contributed by atoms with E-state index in [-0.39, 0.29) is 5.76 Å². The van der Waals surface area contributed by atoms with Gasteiger partial charge in [-0.2, -0.15) is 5.26 Å². The Labute approximate surface area is 113 Å². The van der Waals surface area contributed by atoms with Gasteiger partial charge in [0, 0.05) is 31.1 Å². The quantitative estimate of drug-likeness (QED) is 0.459. The van der Waals surface area contributed by atoms with E-state index in [0.29, 0.717) is 31.3 Å². The van der Waals surface area contributed by atoms with Crippen molar-refractivity contribution in [3.8, 4) is 6.07 Å². The number of furan rings is 1. The Morgan fingerprint density at radius 2 is 2.32 bits per heavy atom. The van der Waals surface area contributed by atoms with Crippen LogP contribution in [0.2, 0.25) is 0 Å². The Morgan fingerprint density at radius 3 is 2.84 bits per heavy atom. The van der Waals surface area contributed by atoms with E-state index in [4.69, 9.17) is 15.5 Å². The number of nitriles is 1. The van der Waals surface area contributed by atoms with E-state index < -0.39 is 5.91 Å². The minimum Gasteiger partial charge on any atom is -0.456 e. The summed E-state index contributed by atoms with van der Waals surface area (Å²) in [5.41, 5.74) is 2.98. The number of aryl methyl sites for hydroxylation is 1. The molecule has 0 aliphatic carbocycles. The zero-order chi connectivity index (χ0) is 14.4. The topological polar surface area (TPSA) is 95.3 Å². The number of nitrogens with zero attached hydrogens (tertiary/aromatic N) is 2. The lowest BCUT2D eigenvalue weighted by atomic mass is 10.2. The first-order valence-electron chi connectivity index (χ1n) is 6.20. The number of hydrazine groups is 1. The minimum absolute atomic E-state index is 0.207. The number of nitrogens with two attached hydrogens (primary N) is 1. The maximum atomic E-state index is 11.4.